The third-order valence-electron chi connectivity index (χ3n) is 4.01. The summed E-state index contributed by atoms with van der Waals surface area (Å²) >= 11 is 0. The van der Waals surface area contributed by atoms with Crippen LogP contribution in [0.2, 0.25) is 0 Å². The number of rotatable bonds is 5. The lowest BCUT2D eigenvalue weighted by molar-refractivity contribution is -0.130. The molecule has 1 N–H and O–H groups in total. The van der Waals surface area contributed by atoms with Crippen molar-refractivity contribution in [2.45, 2.75) is 32.0 Å². The maximum atomic E-state index is 12.2. The lowest BCUT2D eigenvalue weighted by Gasteiger charge is -2.17. The second kappa shape index (κ2) is 5.29. The van der Waals surface area contributed by atoms with E-state index in [-0.39, 0.29) is 5.91 Å². The van der Waals surface area contributed by atoms with Crippen LogP contribution in [0.5, 0.6) is 0 Å². The fourth-order valence-electron chi connectivity index (χ4n) is 2.60. The predicted octanol–water partition coefficient (Wildman–Crippen LogP) is 1.98. The van der Waals surface area contributed by atoms with Crippen molar-refractivity contribution < 1.29 is 4.79 Å². The molecule has 1 aromatic carbocycles. The van der Waals surface area contributed by atoms with Crippen LogP contribution in [0, 0.1) is 0 Å². The van der Waals surface area contributed by atoms with E-state index in [2.05, 4.69) is 34.1 Å². The zero-order valence-electron chi connectivity index (χ0n) is 12.1. The number of benzene rings is 1. The van der Waals surface area contributed by atoms with Gasteiger partial charge < -0.3 is 14.8 Å². The second-order valence-electron chi connectivity index (χ2n) is 5.60. The van der Waals surface area contributed by atoms with Gasteiger partial charge in [-0.2, -0.15) is 0 Å². The third-order valence-corrected chi connectivity index (χ3v) is 4.01. The van der Waals surface area contributed by atoms with Gasteiger partial charge in [0, 0.05) is 31.3 Å². The van der Waals surface area contributed by atoms with Gasteiger partial charge in [-0.3, -0.25) is 4.79 Å². The van der Waals surface area contributed by atoms with E-state index in [0.29, 0.717) is 12.6 Å². The van der Waals surface area contributed by atoms with Crippen LogP contribution in [0.15, 0.2) is 30.5 Å². The summed E-state index contributed by atoms with van der Waals surface area (Å²) in [5, 5.41) is 4.34. The molecule has 4 heteroatoms. The Balaban J connectivity index is 1.83. The fourth-order valence-corrected chi connectivity index (χ4v) is 2.60. The molecule has 1 saturated carbocycles. The van der Waals surface area contributed by atoms with Crippen molar-refractivity contribution in [2.24, 2.45) is 0 Å². The van der Waals surface area contributed by atoms with Crippen molar-refractivity contribution in [1.82, 2.24) is 14.8 Å². The van der Waals surface area contributed by atoms with Crippen LogP contribution >= 0.6 is 0 Å². The smallest absolute Gasteiger partial charge is 0.242 e. The lowest BCUT2D eigenvalue weighted by atomic mass is 10.1. The summed E-state index contributed by atoms with van der Waals surface area (Å²) in [6, 6.07) is 8.96. The first-order valence-electron chi connectivity index (χ1n) is 7.17. The highest BCUT2D eigenvalue weighted by atomic mass is 16.2. The predicted molar refractivity (Wildman–Crippen MR) is 80.5 cm³/mol. The van der Waals surface area contributed by atoms with Gasteiger partial charge in [-0.1, -0.05) is 12.1 Å². The highest BCUT2D eigenvalue weighted by molar-refractivity contribution is 5.84. The van der Waals surface area contributed by atoms with Crippen molar-refractivity contribution in [3.63, 3.8) is 0 Å². The first-order valence-corrected chi connectivity index (χ1v) is 7.17. The van der Waals surface area contributed by atoms with Gasteiger partial charge in [0.15, 0.2) is 0 Å². The molecule has 0 aliphatic heterocycles. The van der Waals surface area contributed by atoms with Crippen LogP contribution in [0.1, 0.15) is 18.4 Å². The Hall–Kier alpha value is -1.81. The van der Waals surface area contributed by atoms with E-state index in [1.54, 1.807) is 0 Å². The van der Waals surface area contributed by atoms with E-state index in [4.69, 9.17) is 0 Å². The molecule has 0 spiro atoms. The van der Waals surface area contributed by atoms with E-state index in [0.717, 1.165) is 24.9 Å². The number of hydrogen-bond donors (Lipinski definition) is 1. The summed E-state index contributed by atoms with van der Waals surface area (Å²) in [6.07, 6.45) is 4.31. The molecule has 1 heterocycles. The monoisotopic (exact) mass is 271 g/mol. The molecule has 0 saturated heterocycles. The fraction of sp³-hybridized carbons (Fsp3) is 0.438. The number of nitrogens with zero attached hydrogens (tertiary/aromatic N) is 2. The largest absolute Gasteiger partial charge is 0.341 e. The highest BCUT2D eigenvalue weighted by Crippen LogP contribution is 2.26. The maximum absolute atomic E-state index is 12.2. The number of likely N-dealkylation sites (N-methyl/N-ethyl adjacent to an activating group) is 1. The van der Waals surface area contributed by atoms with Crippen molar-refractivity contribution >= 4 is 16.8 Å². The van der Waals surface area contributed by atoms with E-state index in [1.165, 1.54) is 10.9 Å². The normalized spacial score (nSPS) is 14.7. The molecule has 0 unspecified atom stereocenters. The molecule has 1 aromatic heterocycles. The molecular formula is C16H21N3O. The van der Waals surface area contributed by atoms with Gasteiger partial charge in [0.2, 0.25) is 5.91 Å². The Labute approximate surface area is 119 Å². The summed E-state index contributed by atoms with van der Waals surface area (Å²) in [7, 11) is 3.86. The summed E-state index contributed by atoms with van der Waals surface area (Å²) in [5.41, 5.74) is 2.37. The van der Waals surface area contributed by atoms with Crippen LogP contribution in [0.4, 0.5) is 0 Å². The number of hydrogen-bond acceptors (Lipinski definition) is 2. The molecule has 3 rings (SSSR count). The van der Waals surface area contributed by atoms with Crippen molar-refractivity contribution in [1.29, 1.82) is 0 Å². The Bertz CT molecular complexity index is 628. The minimum atomic E-state index is 0.198. The van der Waals surface area contributed by atoms with Gasteiger partial charge in [0.1, 0.15) is 6.54 Å². The van der Waals surface area contributed by atoms with Crippen LogP contribution < -0.4 is 5.32 Å². The quantitative estimate of drug-likeness (QED) is 0.903. The van der Waals surface area contributed by atoms with Crippen molar-refractivity contribution in [2.75, 3.05) is 14.1 Å². The Kier molecular flexibility index (Phi) is 3.49. The SMILES string of the molecule is CNCc1ccc2ccn(CC(=O)N(C)C3CC3)c2c1. The van der Waals surface area contributed by atoms with E-state index in [9.17, 15) is 4.79 Å². The topological polar surface area (TPSA) is 37.3 Å². The van der Waals surface area contributed by atoms with Gasteiger partial charge in [-0.25, -0.2) is 0 Å². The molecule has 106 valence electrons. The Morgan fingerprint density at radius 3 is 2.90 bits per heavy atom. The zero-order valence-corrected chi connectivity index (χ0v) is 12.1. The average molecular weight is 271 g/mol. The number of carbonyl (C=O) groups is 1. The summed E-state index contributed by atoms with van der Waals surface area (Å²) in [4.78, 5) is 14.1. The zero-order chi connectivity index (χ0) is 14.1. The van der Waals surface area contributed by atoms with Gasteiger partial charge in [-0.05, 0) is 43.0 Å². The summed E-state index contributed by atoms with van der Waals surface area (Å²) < 4.78 is 2.05. The van der Waals surface area contributed by atoms with Crippen LogP contribution in [0.3, 0.4) is 0 Å². The second-order valence-corrected chi connectivity index (χ2v) is 5.60. The summed E-state index contributed by atoms with van der Waals surface area (Å²) in [6.45, 7) is 1.27. The minimum Gasteiger partial charge on any atom is -0.341 e. The van der Waals surface area contributed by atoms with Crippen LogP contribution in [-0.2, 0) is 17.9 Å². The molecule has 1 fully saturated rings. The van der Waals surface area contributed by atoms with E-state index in [1.807, 2.05) is 25.2 Å². The van der Waals surface area contributed by atoms with Gasteiger partial charge in [-0.15, -0.1) is 0 Å². The molecule has 0 atom stereocenters. The minimum absolute atomic E-state index is 0.198. The third kappa shape index (κ3) is 2.56. The molecule has 1 amide bonds. The molecule has 1 aliphatic rings. The molecule has 0 bridgehead atoms. The molecule has 20 heavy (non-hydrogen) atoms. The molecule has 2 aromatic rings. The first-order chi connectivity index (χ1) is 9.69. The van der Waals surface area contributed by atoms with Crippen LogP contribution in [0.25, 0.3) is 10.9 Å². The number of nitrogens with one attached hydrogen (secondary N) is 1. The first kappa shape index (κ1) is 13.2. The molecular weight excluding hydrogens is 250 g/mol. The Morgan fingerprint density at radius 2 is 2.20 bits per heavy atom. The lowest BCUT2D eigenvalue weighted by Crippen LogP contribution is -2.31. The molecule has 4 nitrogen and oxygen atoms in total. The standard InChI is InChI=1S/C16H21N3O/c1-17-10-12-3-4-13-7-8-19(15(13)9-12)11-16(20)18(2)14-5-6-14/h3-4,7-9,14,17H,5-6,10-11H2,1-2H3. The number of fused-ring (bicyclic) bond motifs is 1. The van der Waals surface area contributed by atoms with Gasteiger partial charge in [0.05, 0.1) is 0 Å². The van der Waals surface area contributed by atoms with Crippen molar-refractivity contribution in [3.8, 4) is 0 Å². The molecule has 1 aliphatic carbocycles. The van der Waals surface area contributed by atoms with Crippen molar-refractivity contribution in [3.05, 3.63) is 36.0 Å². The number of amides is 1. The Morgan fingerprint density at radius 1 is 1.40 bits per heavy atom. The average Bonchev–Trinajstić information content (AvgIpc) is 3.22. The maximum Gasteiger partial charge on any atom is 0.242 e. The van der Waals surface area contributed by atoms with E-state index >= 15 is 0 Å². The highest BCUT2D eigenvalue weighted by Gasteiger charge is 2.29. The van der Waals surface area contributed by atoms with Crippen LogP contribution in [-0.4, -0.2) is 35.5 Å². The van der Waals surface area contributed by atoms with Gasteiger partial charge >= 0.3 is 0 Å². The summed E-state index contributed by atoms with van der Waals surface area (Å²) in [5.74, 6) is 0.198. The number of aromatic nitrogens is 1. The number of carbonyl (C=O) groups excluding carboxylic acids is 1. The van der Waals surface area contributed by atoms with E-state index < -0.39 is 0 Å². The molecule has 0 radical (unpaired) electrons. The van der Waals surface area contributed by atoms with Gasteiger partial charge in [0.25, 0.3) is 0 Å².